The number of hydrogen-bond donors (Lipinski definition) is 0. The van der Waals surface area contributed by atoms with E-state index >= 15 is 0 Å². The van der Waals surface area contributed by atoms with Crippen molar-refractivity contribution in [1.82, 2.24) is 9.88 Å². The van der Waals surface area contributed by atoms with E-state index in [2.05, 4.69) is 11.1 Å². The van der Waals surface area contributed by atoms with Crippen molar-refractivity contribution in [2.24, 2.45) is 5.92 Å². The molecule has 1 unspecified atom stereocenters. The van der Waals surface area contributed by atoms with Gasteiger partial charge in [-0.05, 0) is 30.7 Å². The van der Waals surface area contributed by atoms with E-state index in [1.807, 2.05) is 43.3 Å². The van der Waals surface area contributed by atoms with E-state index in [1.165, 1.54) is 0 Å². The van der Waals surface area contributed by atoms with Gasteiger partial charge in [-0.2, -0.15) is 5.26 Å². The van der Waals surface area contributed by atoms with Crippen molar-refractivity contribution in [1.29, 1.82) is 5.26 Å². The monoisotopic (exact) mass is 392 g/mol. The van der Waals surface area contributed by atoms with E-state index < -0.39 is 5.92 Å². The summed E-state index contributed by atoms with van der Waals surface area (Å²) in [6, 6.07) is 13.2. The molecular formula is C22H24N4O3. The van der Waals surface area contributed by atoms with Gasteiger partial charge in [0.15, 0.2) is 0 Å². The van der Waals surface area contributed by atoms with E-state index in [9.17, 15) is 9.59 Å². The van der Waals surface area contributed by atoms with Gasteiger partial charge in [-0.3, -0.25) is 14.6 Å². The molecule has 1 aromatic carbocycles. The summed E-state index contributed by atoms with van der Waals surface area (Å²) in [5, 5.41) is 8.97. The fraction of sp³-hybridized carbons (Fsp3) is 0.364. The van der Waals surface area contributed by atoms with Crippen LogP contribution in [-0.4, -0.2) is 41.4 Å². The first-order valence-electron chi connectivity index (χ1n) is 9.70. The Labute approximate surface area is 170 Å². The summed E-state index contributed by atoms with van der Waals surface area (Å²) in [6.45, 7) is 3.38. The number of nitrogens with zero attached hydrogens (tertiary/aromatic N) is 4. The molecule has 1 fully saturated rings. The van der Waals surface area contributed by atoms with Crippen LogP contribution in [0.25, 0.3) is 0 Å². The van der Waals surface area contributed by atoms with Crippen molar-refractivity contribution in [2.75, 3.05) is 24.6 Å². The molecule has 2 heterocycles. The smallest absolute Gasteiger partial charge is 0.228 e. The number of pyridine rings is 1. The van der Waals surface area contributed by atoms with Crippen LogP contribution in [0.2, 0.25) is 0 Å². The summed E-state index contributed by atoms with van der Waals surface area (Å²) in [4.78, 5) is 33.2. The van der Waals surface area contributed by atoms with Crippen LogP contribution in [-0.2, 0) is 16.1 Å². The van der Waals surface area contributed by atoms with Gasteiger partial charge in [0.25, 0.3) is 0 Å². The van der Waals surface area contributed by atoms with Gasteiger partial charge >= 0.3 is 0 Å². The quantitative estimate of drug-likeness (QED) is 0.689. The van der Waals surface area contributed by atoms with Crippen molar-refractivity contribution in [2.45, 2.75) is 26.3 Å². The average molecular weight is 392 g/mol. The molecule has 0 aliphatic carbocycles. The second-order valence-corrected chi connectivity index (χ2v) is 6.84. The van der Waals surface area contributed by atoms with E-state index in [0.29, 0.717) is 37.7 Å². The number of nitriles is 1. The Kier molecular flexibility index (Phi) is 6.80. The highest BCUT2D eigenvalue weighted by Crippen LogP contribution is 2.33. The molecule has 0 spiro atoms. The lowest BCUT2D eigenvalue weighted by Gasteiger charge is -2.25. The minimum absolute atomic E-state index is 0.0999. The van der Waals surface area contributed by atoms with E-state index in [-0.39, 0.29) is 24.7 Å². The Morgan fingerprint density at radius 3 is 2.90 bits per heavy atom. The molecule has 3 rings (SSSR count). The van der Waals surface area contributed by atoms with Crippen LogP contribution in [0.3, 0.4) is 0 Å². The summed E-state index contributed by atoms with van der Waals surface area (Å²) < 4.78 is 5.64. The number of rotatable bonds is 8. The maximum atomic E-state index is 13.2. The Balaban J connectivity index is 1.76. The number of aromatic nitrogens is 1. The van der Waals surface area contributed by atoms with Gasteiger partial charge in [-0.1, -0.05) is 18.2 Å². The van der Waals surface area contributed by atoms with Gasteiger partial charge in [-0.25, -0.2) is 0 Å². The number of benzene rings is 1. The molecular weight excluding hydrogens is 368 g/mol. The summed E-state index contributed by atoms with van der Waals surface area (Å²) >= 11 is 0. The first kappa shape index (κ1) is 20.3. The van der Waals surface area contributed by atoms with Crippen molar-refractivity contribution >= 4 is 17.5 Å². The summed E-state index contributed by atoms with van der Waals surface area (Å²) in [6.07, 6.45) is 3.77. The maximum absolute atomic E-state index is 13.2. The molecule has 0 radical (unpaired) electrons. The topological polar surface area (TPSA) is 86.5 Å². The van der Waals surface area contributed by atoms with Crippen LogP contribution in [0.4, 0.5) is 5.69 Å². The maximum Gasteiger partial charge on any atom is 0.228 e. The predicted molar refractivity (Wildman–Crippen MR) is 108 cm³/mol. The third-order valence-corrected chi connectivity index (χ3v) is 4.83. The highest BCUT2D eigenvalue weighted by atomic mass is 16.5. The molecule has 150 valence electrons. The Morgan fingerprint density at radius 2 is 2.17 bits per heavy atom. The minimum atomic E-state index is -0.451. The van der Waals surface area contributed by atoms with Crippen LogP contribution in [0.1, 0.15) is 25.3 Å². The SMILES string of the molecule is CCOc1ccccc1N1CC(C(=O)N(CCC#N)Cc2cccnc2)CC1=O. The molecule has 1 aliphatic heterocycles. The lowest BCUT2D eigenvalue weighted by molar-refractivity contribution is -0.136. The molecule has 1 aliphatic rings. The molecule has 1 aromatic heterocycles. The molecule has 0 saturated carbocycles. The summed E-state index contributed by atoms with van der Waals surface area (Å²) in [5.74, 6) is -0.0355. The highest BCUT2D eigenvalue weighted by Gasteiger charge is 2.38. The number of anilines is 1. The first-order valence-corrected chi connectivity index (χ1v) is 9.70. The van der Waals surface area contributed by atoms with Gasteiger partial charge in [0, 0.05) is 38.4 Å². The molecule has 0 bridgehead atoms. The number of carbonyl (C=O) groups is 2. The van der Waals surface area contributed by atoms with Gasteiger partial charge in [0.05, 0.1) is 30.7 Å². The standard InChI is InChI=1S/C22H24N4O3/c1-2-29-20-9-4-3-8-19(20)26-16-18(13-21(26)27)22(28)25(12-6-10-23)15-17-7-5-11-24-14-17/h3-5,7-9,11,14,18H,2,6,12-13,15-16H2,1H3. The highest BCUT2D eigenvalue weighted by molar-refractivity contribution is 6.01. The van der Waals surface area contributed by atoms with Crippen molar-refractivity contribution in [3.05, 3.63) is 54.4 Å². The molecule has 0 N–H and O–H groups in total. The lowest BCUT2D eigenvalue weighted by atomic mass is 10.1. The van der Waals surface area contributed by atoms with Crippen molar-refractivity contribution in [3.63, 3.8) is 0 Å². The molecule has 2 aromatic rings. The average Bonchev–Trinajstić information content (AvgIpc) is 3.13. The molecule has 1 atom stereocenters. The number of para-hydroxylation sites is 2. The largest absolute Gasteiger partial charge is 0.492 e. The number of ether oxygens (including phenoxy) is 1. The van der Waals surface area contributed by atoms with Crippen LogP contribution < -0.4 is 9.64 Å². The zero-order chi connectivity index (χ0) is 20.6. The van der Waals surface area contributed by atoms with Crippen molar-refractivity contribution < 1.29 is 14.3 Å². The lowest BCUT2D eigenvalue weighted by Crippen LogP contribution is -2.37. The molecule has 7 nitrogen and oxygen atoms in total. The van der Waals surface area contributed by atoms with Gasteiger partial charge in [-0.15, -0.1) is 0 Å². The zero-order valence-corrected chi connectivity index (χ0v) is 16.5. The van der Waals surface area contributed by atoms with Gasteiger partial charge < -0.3 is 14.5 Å². The number of carbonyl (C=O) groups excluding carboxylic acids is 2. The normalized spacial score (nSPS) is 15.8. The zero-order valence-electron chi connectivity index (χ0n) is 16.5. The van der Waals surface area contributed by atoms with E-state index in [1.54, 1.807) is 22.2 Å². The third-order valence-electron chi connectivity index (χ3n) is 4.83. The minimum Gasteiger partial charge on any atom is -0.492 e. The van der Waals surface area contributed by atoms with Gasteiger partial charge in [0.1, 0.15) is 5.75 Å². The second-order valence-electron chi connectivity index (χ2n) is 6.84. The Bertz CT molecular complexity index is 894. The number of amides is 2. The number of hydrogen-bond acceptors (Lipinski definition) is 5. The first-order chi connectivity index (χ1) is 14.1. The fourth-order valence-corrected chi connectivity index (χ4v) is 3.49. The Morgan fingerprint density at radius 1 is 1.34 bits per heavy atom. The van der Waals surface area contributed by atoms with E-state index in [0.717, 1.165) is 5.56 Å². The van der Waals surface area contributed by atoms with Crippen LogP contribution in [0.5, 0.6) is 5.75 Å². The van der Waals surface area contributed by atoms with Crippen LogP contribution in [0, 0.1) is 17.2 Å². The molecule has 2 amide bonds. The fourth-order valence-electron chi connectivity index (χ4n) is 3.49. The second kappa shape index (κ2) is 9.69. The third kappa shape index (κ3) is 4.91. The predicted octanol–water partition coefficient (Wildman–Crippen LogP) is 2.78. The van der Waals surface area contributed by atoms with Crippen LogP contribution >= 0.6 is 0 Å². The summed E-state index contributed by atoms with van der Waals surface area (Å²) in [7, 11) is 0. The summed E-state index contributed by atoms with van der Waals surface area (Å²) in [5.41, 5.74) is 1.58. The van der Waals surface area contributed by atoms with E-state index in [4.69, 9.17) is 10.00 Å². The molecule has 29 heavy (non-hydrogen) atoms. The van der Waals surface area contributed by atoms with Gasteiger partial charge in [0.2, 0.25) is 11.8 Å². The molecule has 7 heteroatoms. The van der Waals surface area contributed by atoms with Crippen molar-refractivity contribution in [3.8, 4) is 11.8 Å². The molecule has 1 saturated heterocycles. The van der Waals surface area contributed by atoms with Crippen LogP contribution in [0.15, 0.2) is 48.8 Å². The Hall–Kier alpha value is -3.40.